The van der Waals surface area contributed by atoms with Gasteiger partial charge in [-0.1, -0.05) is 19.8 Å². The normalized spacial score (nSPS) is 29.5. The molecule has 2 heteroatoms. The van der Waals surface area contributed by atoms with Crippen LogP contribution in [0.25, 0.3) is 0 Å². The first kappa shape index (κ1) is 11.0. The molecule has 0 radical (unpaired) electrons. The predicted octanol–water partition coefficient (Wildman–Crippen LogP) is 1.78. The van der Waals surface area contributed by atoms with Crippen LogP contribution in [0.4, 0.5) is 0 Å². The zero-order valence-corrected chi connectivity index (χ0v) is 9.14. The second kappa shape index (κ2) is 4.43. The summed E-state index contributed by atoms with van der Waals surface area (Å²) in [5.41, 5.74) is -0.568. The number of aliphatic hydroxyl groups is 1. The molecule has 0 bridgehead atoms. The molecule has 1 aliphatic rings. The van der Waals surface area contributed by atoms with Gasteiger partial charge in [0.1, 0.15) is 0 Å². The molecule has 78 valence electrons. The summed E-state index contributed by atoms with van der Waals surface area (Å²) in [7, 11) is 0. The highest BCUT2D eigenvalue weighted by Gasteiger charge is 2.23. The molecule has 1 saturated carbocycles. The molecule has 0 aromatic rings. The predicted molar refractivity (Wildman–Crippen MR) is 55.7 cm³/mol. The van der Waals surface area contributed by atoms with E-state index >= 15 is 0 Å². The van der Waals surface area contributed by atoms with E-state index < -0.39 is 5.60 Å². The third-order valence-electron chi connectivity index (χ3n) is 3.00. The van der Waals surface area contributed by atoms with Gasteiger partial charge in [0.2, 0.25) is 0 Å². The summed E-state index contributed by atoms with van der Waals surface area (Å²) in [6.07, 6.45) is 4.13. The van der Waals surface area contributed by atoms with Crippen molar-refractivity contribution in [3.05, 3.63) is 0 Å². The van der Waals surface area contributed by atoms with Gasteiger partial charge in [-0.2, -0.15) is 0 Å². The molecule has 2 N–H and O–H groups in total. The SMILES string of the molecule is CC1CCCC1CNCC(C)(C)O. The van der Waals surface area contributed by atoms with E-state index in [-0.39, 0.29) is 0 Å². The van der Waals surface area contributed by atoms with Crippen molar-refractivity contribution in [1.82, 2.24) is 5.32 Å². The monoisotopic (exact) mass is 185 g/mol. The average molecular weight is 185 g/mol. The van der Waals surface area contributed by atoms with Crippen molar-refractivity contribution in [2.75, 3.05) is 13.1 Å². The van der Waals surface area contributed by atoms with Gasteiger partial charge in [0.15, 0.2) is 0 Å². The number of hydrogen-bond acceptors (Lipinski definition) is 2. The molecule has 2 atom stereocenters. The fourth-order valence-corrected chi connectivity index (χ4v) is 2.09. The Morgan fingerprint density at radius 1 is 1.38 bits per heavy atom. The molecule has 0 saturated heterocycles. The number of hydrogen-bond donors (Lipinski definition) is 2. The van der Waals surface area contributed by atoms with Gasteiger partial charge < -0.3 is 10.4 Å². The first-order valence-corrected chi connectivity index (χ1v) is 5.42. The molecule has 0 amide bonds. The highest BCUT2D eigenvalue weighted by atomic mass is 16.3. The standard InChI is InChI=1S/C11H23NO/c1-9-5-4-6-10(9)7-12-8-11(2,3)13/h9-10,12-13H,4-8H2,1-3H3. The van der Waals surface area contributed by atoms with Gasteiger partial charge in [0, 0.05) is 6.54 Å². The molecule has 13 heavy (non-hydrogen) atoms. The molecule has 0 heterocycles. The third kappa shape index (κ3) is 4.10. The maximum Gasteiger partial charge on any atom is 0.0715 e. The fraction of sp³-hybridized carbons (Fsp3) is 1.00. The topological polar surface area (TPSA) is 32.3 Å². The van der Waals surface area contributed by atoms with E-state index in [0.717, 1.165) is 18.4 Å². The Kier molecular flexibility index (Phi) is 3.74. The summed E-state index contributed by atoms with van der Waals surface area (Å²) in [6.45, 7) is 7.81. The van der Waals surface area contributed by atoms with E-state index in [1.165, 1.54) is 19.3 Å². The summed E-state index contributed by atoms with van der Waals surface area (Å²) in [6, 6.07) is 0. The summed E-state index contributed by atoms with van der Waals surface area (Å²) >= 11 is 0. The number of nitrogens with one attached hydrogen (secondary N) is 1. The maximum atomic E-state index is 9.49. The quantitative estimate of drug-likeness (QED) is 0.700. The highest BCUT2D eigenvalue weighted by Crippen LogP contribution is 2.30. The Hall–Kier alpha value is -0.0800. The van der Waals surface area contributed by atoms with Gasteiger partial charge in [-0.15, -0.1) is 0 Å². The minimum absolute atomic E-state index is 0.568. The van der Waals surface area contributed by atoms with Crippen molar-refractivity contribution < 1.29 is 5.11 Å². The minimum atomic E-state index is -0.568. The van der Waals surface area contributed by atoms with Crippen molar-refractivity contribution in [2.45, 2.75) is 45.6 Å². The molecule has 2 nitrogen and oxygen atoms in total. The number of rotatable bonds is 4. The van der Waals surface area contributed by atoms with Crippen LogP contribution in [-0.2, 0) is 0 Å². The van der Waals surface area contributed by atoms with Crippen molar-refractivity contribution in [1.29, 1.82) is 0 Å². The molecule has 0 aliphatic heterocycles. The van der Waals surface area contributed by atoms with E-state index in [2.05, 4.69) is 12.2 Å². The molecule has 2 unspecified atom stereocenters. The van der Waals surface area contributed by atoms with Gasteiger partial charge in [0.25, 0.3) is 0 Å². The van der Waals surface area contributed by atoms with E-state index in [9.17, 15) is 5.11 Å². The van der Waals surface area contributed by atoms with Crippen LogP contribution in [0, 0.1) is 11.8 Å². The van der Waals surface area contributed by atoms with Gasteiger partial charge >= 0.3 is 0 Å². The van der Waals surface area contributed by atoms with Gasteiger partial charge in [0.05, 0.1) is 5.60 Å². The molecule has 0 aromatic heterocycles. The fourth-order valence-electron chi connectivity index (χ4n) is 2.09. The molecule has 1 fully saturated rings. The Bertz CT molecular complexity index is 151. The van der Waals surface area contributed by atoms with Crippen LogP contribution in [0.15, 0.2) is 0 Å². The Balaban J connectivity index is 2.12. The lowest BCUT2D eigenvalue weighted by molar-refractivity contribution is 0.0782. The summed E-state index contributed by atoms with van der Waals surface area (Å²) < 4.78 is 0. The summed E-state index contributed by atoms with van der Waals surface area (Å²) in [5, 5.41) is 12.8. The van der Waals surface area contributed by atoms with Crippen LogP contribution >= 0.6 is 0 Å². The van der Waals surface area contributed by atoms with Crippen LogP contribution in [0.1, 0.15) is 40.0 Å². The zero-order chi connectivity index (χ0) is 9.90. The van der Waals surface area contributed by atoms with Gasteiger partial charge in [-0.05, 0) is 38.6 Å². The Morgan fingerprint density at radius 3 is 2.54 bits per heavy atom. The van der Waals surface area contributed by atoms with Crippen molar-refractivity contribution in [2.24, 2.45) is 11.8 Å². The van der Waals surface area contributed by atoms with E-state index in [0.29, 0.717) is 6.54 Å². The molecular formula is C11H23NO. The van der Waals surface area contributed by atoms with Crippen molar-refractivity contribution >= 4 is 0 Å². The van der Waals surface area contributed by atoms with Gasteiger partial charge in [-0.3, -0.25) is 0 Å². The van der Waals surface area contributed by atoms with Crippen molar-refractivity contribution in [3.8, 4) is 0 Å². The molecule has 1 rings (SSSR count). The molecule has 0 spiro atoms. The lowest BCUT2D eigenvalue weighted by Crippen LogP contribution is -2.37. The van der Waals surface area contributed by atoms with Crippen LogP contribution in [0.5, 0.6) is 0 Å². The molecular weight excluding hydrogens is 162 g/mol. The zero-order valence-electron chi connectivity index (χ0n) is 9.14. The first-order valence-electron chi connectivity index (χ1n) is 5.42. The van der Waals surface area contributed by atoms with E-state index in [1.807, 2.05) is 13.8 Å². The van der Waals surface area contributed by atoms with Gasteiger partial charge in [-0.25, -0.2) is 0 Å². The minimum Gasteiger partial charge on any atom is -0.389 e. The van der Waals surface area contributed by atoms with Crippen LogP contribution in [0.3, 0.4) is 0 Å². The first-order chi connectivity index (χ1) is 5.99. The van der Waals surface area contributed by atoms with Crippen LogP contribution < -0.4 is 5.32 Å². The Morgan fingerprint density at radius 2 is 2.08 bits per heavy atom. The summed E-state index contributed by atoms with van der Waals surface area (Å²) in [4.78, 5) is 0. The van der Waals surface area contributed by atoms with Crippen molar-refractivity contribution in [3.63, 3.8) is 0 Å². The summed E-state index contributed by atoms with van der Waals surface area (Å²) in [5.74, 6) is 1.71. The highest BCUT2D eigenvalue weighted by molar-refractivity contribution is 4.77. The Labute approximate surface area is 81.7 Å². The average Bonchev–Trinajstić information content (AvgIpc) is 2.34. The van der Waals surface area contributed by atoms with E-state index in [4.69, 9.17) is 0 Å². The van der Waals surface area contributed by atoms with Crippen LogP contribution in [-0.4, -0.2) is 23.8 Å². The maximum absolute atomic E-state index is 9.49. The van der Waals surface area contributed by atoms with E-state index in [1.54, 1.807) is 0 Å². The third-order valence-corrected chi connectivity index (χ3v) is 3.00. The lowest BCUT2D eigenvalue weighted by Gasteiger charge is -2.21. The molecule has 0 aromatic carbocycles. The second-order valence-electron chi connectivity index (χ2n) is 5.11. The second-order valence-corrected chi connectivity index (χ2v) is 5.11. The largest absolute Gasteiger partial charge is 0.389 e. The lowest BCUT2D eigenvalue weighted by atomic mass is 9.98. The smallest absolute Gasteiger partial charge is 0.0715 e. The van der Waals surface area contributed by atoms with Crippen LogP contribution in [0.2, 0.25) is 0 Å². The molecule has 1 aliphatic carbocycles.